The van der Waals surface area contributed by atoms with Crippen LogP contribution in [0.25, 0.3) is 87.3 Å². The molecule has 4 aromatic heterocycles. The summed E-state index contributed by atoms with van der Waals surface area (Å²) in [7, 11) is 0. The fraction of sp³-hybridized carbons (Fsp3) is 0.345. The first kappa shape index (κ1) is 35.1. The fourth-order valence-corrected chi connectivity index (χ4v) is 10.6. The van der Waals surface area contributed by atoms with E-state index in [1.54, 1.807) is 0 Å². The highest BCUT2D eigenvalue weighted by Crippen LogP contribution is 2.54. The summed E-state index contributed by atoms with van der Waals surface area (Å²) in [6, 6.07) is 34.7. The molecule has 1 aliphatic rings. The molecule has 0 aliphatic heterocycles. The Balaban J connectivity index is 1.24. The average molecular weight is 745 g/mol. The highest BCUT2D eigenvalue weighted by Gasteiger charge is 2.38. The molecule has 0 amide bonds. The molecule has 0 radical (unpaired) electrons. The van der Waals surface area contributed by atoms with Crippen LogP contribution in [0.3, 0.4) is 0 Å². The van der Waals surface area contributed by atoms with Crippen LogP contribution < -0.4 is 0 Å². The zero-order valence-corrected chi connectivity index (χ0v) is 36.5. The molecule has 11 rings (SSSR count). The Hall–Kier alpha value is -5.08. The maximum absolute atomic E-state index is 2.59. The lowest BCUT2D eigenvalue weighted by Crippen LogP contribution is -2.15. The molecule has 0 atom stereocenters. The van der Waals surface area contributed by atoms with Crippen molar-refractivity contribution in [3.05, 3.63) is 118 Å². The smallest absolute Gasteiger partial charge is 0.0620 e. The van der Waals surface area contributed by atoms with Crippen molar-refractivity contribution in [3.63, 3.8) is 0 Å². The van der Waals surface area contributed by atoms with Crippen molar-refractivity contribution in [2.45, 2.75) is 124 Å². The van der Waals surface area contributed by atoms with Crippen LogP contribution in [-0.4, -0.2) is 8.80 Å². The molecule has 0 N–H and O–H groups in total. The first-order chi connectivity index (χ1) is 26.5. The summed E-state index contributed by atoms with van der Waals surface area (Å²) in [5, 5.41) is 10.9. The van der Waals surface area contributed by atoms with Gasteiger partial charge in [-0.2, -0.15) is 0 Å². The molecule has 0 fully saturated rings. The second kappa shape index (κ2) is 10.3. The third-order valence-corrected chi connectivity index (χ3v) is 14.2. The summed E-state index contributed by atoms with van der Waals surface area (Å²) in [5.74, 6) is 0. The van der Waals surface area contributed by atoms with Crippen LogP contribution in [0.1, 0.15) is 130 Å². The average Bonchev–Trinajstić information content (AvgIpc) is 3.87. The second-order valence-electron chi connectivity index (χ2n) is 22.4. The van der Waals surface area contributed by atoms with Gasteiger partial charge < -0.3 is 8.80 Å². The molecular weight excluding hydrogens is 689 g/mol. The number of nitrogens with zero attached hydrogens (tertiary/aromatic N) is 2. The van der Waals surface area contributed by atoms with Gasteiger partial charge in [0.1, 0.15) is 0 Å². The van der Waals surface area contributed by atoms with Crippen LogP contribution in [0.2, 0.25) is 0 Å². The summed E-state index contributed by atoms with van der Waals surface area (Å²) >= 11 is 0. The molecule has 4 heterocycles. The van der Waals surface area contributed by atoms with Crippen molar-refractivity contribution in [1.82, 2.24) is 8.80 Å². The Kier molecular flexibility index (Phi) is 6.35. The zero-order valence-electron chi connectivity index (χ0n) is 36.5. The van der Waals surface area contributed by atoms with Crippen molar-refractivity contribution in [2.75, 3.05) is 0 Å². The lowest BCUT2D eigenvalue weighted by Gasteiger charge is -2.22. The van der Waals surface area contributed by atoms with E-state index in [1.165, 1.54) is 121 Å². The molecule has 0 spiro atoms. The summed E-state index contributed by atoms with van der Waals surface area (Å²) in [6.07, 6.45) is 0. The summed E-state index contributed by atoms with van der Waals surface area (Å²) < 4.78 is 5.18. The van der Waals surface area contributed by atoms with E-state index >= 15 is 0 Å². The van der Waals surface area contributed by atoms with E-state index in [2.05, 4.69) is 191 Å². The molecule has 57 heavy (non-hydrogen) atoms. The highest BCUT2D eigenvalue weighted by atomic mass is 14.9. The minimum absolute atomic E-state index is 0.0251. The van der Waals surface area contributed by atoms with Crippen molar-refractivity contribution in [3.8, 4) is 11.1 Å². The second-order valence-corrected chi connectivity index (χ2v) is 22.4. The number of hydrogen-bond acceptors (Lipinski definition) is 0. The number of aromatic nitrogens is 2. The van der Waals surface area contributed by atoms with E-state index in [-0.39, 0.29) is 27.1 Å². The van der Waals surface area contributed by atoms with Crippen LogP contribution in [0, 0.1) is 0 Å². The van der Waals surface area contributed by atoms with E-state index in [0.29, 0.717) is 0 Å². The Labute approximate surface area is 337 Å². The molecule has 10 aromatic rings. The SMILES string of the molecule is CC(C)(C)c1ccc2c(c1)c1cc(C(C)(C)C)cc3c4cc5c(cc4n2c13)C(C)(C)c1cc2c(cc1-5)c1cc(C(C)(C)C)cc3c4cc(C(C)(C)C)ccc4n2c31. The molecule has 2 heteroatoms. The minimum Gasteiger partial charge on any atom is -0.308 e. The lowest BCUT2D eigenvalue weighted by molar-refractivity contribution is 0.590. The van der Waals surface area contributed by atoms with Crippen molar-refractivity contribution < 1.29 is 0 Å². The number of hydrogen-bond donors (Lipinski definition) is 0. The first-order valence-corrected chi connectivity index (χ1v) is 21.2. The highest BCUT2D eigenvalue weighted by molar-refractivity contribution is 6.26. The van der Waals surface area contributed by atoms with Gasteiger partial charge in [0, 0.05) is 48.5 Å². The third kappa shape index (κ3) is 4.48. The number of rotatable bonds is 0. The maximum Gasteiger partial charge on any atom is 0.0620 e. The molecule has 2 nitrogen and oxygen atoms in total. The number of fused-ring (bicyclic) bond motifs is 15. The molecular formula is C55H56N2. The van der Waals surface area contributed by atoms with Gasteiger partial charge in [-0.05, 0) is 139 Å². The van der Waals surface area contributed by atoms with Gasteiger partial charge in [-0.3, -0.25) is 0 Å². The Bertz CT molecular complexity index is 3160. The molecule has 0 unspecified atom stereocenters. The summed E-state index contributed by atoms with van der Waals surface area (Å²) in [4.78, 5) is 0. The van der Waals surface area contributed by atoms with Gasteiger partial charge in [-0.15, -0.1) is 0 Å². The normalized spacial score (nSPS) is 15.3. The van der Waals surface area contributed by atoms with Crippen LogP contribution >= 0.6 is 0 Å². The van der Waals surface area contributed by atoms with Gasteiger partial charge in [0.25, 0.3) is 0 Å². The molecule has 0 bridgehead atoms. The molecule has 0 saturated heterocycles. The first-order valence-electron chi connectivity index (χ1n) is 21.2. The Morgan fingerprint density at radius 2 is 0.632 bits per heavy atom. The number of benzene rings is 6. The summed E-state index contributed by atoms with van der Waals surface area (Å²) in [5.41, 5.74) is 19.2. The van der Waals surface area contributed by atoms with Gasteiger partial charge in [-0.25, -0.2) is 0 Å². The van der Waals surface area contributed by atoms with E-state index < -0.39 is 0 Å². The van der Waals surface area contributed by atoms with Gasteiger partial charge in [-0.1, -0.05) is 109 Å². The van der Waals surface area contributed by atoms with E-state index in [9.17, 15) is 0 Å². The van der Waals surface area contributed by atoms with Crippen LogP contribution in [0.4, 0.5) is 0 Å². The molecule has 1 aliphatic carbocycles. The predicted octanol–water partition coefficient (Wildman–Crippen LogP) is 15.5. The standard InChI is InChI=1S/C55H56N2/c1-51(2,3)29-15-17-45-35(19-29)39-21-31(53(7,8)9)23-41-37-25-33-34-26-38-42-24-32(54(10,11)12)22-40-36-20-30(52(4,5)6)16-18-46(36)57(50(40)42)48(38)28-44(34)55(13,14)43(33)27-47(37)56(45)49(39)41/h15-28H,1-14H3. The predicted molar refractivity (Wildman–Crippen MR) is 248 cm³/mol. The maximum atomic E-state index is 2.59. The zero-order chi connectivity index (χ0) is 40.3. The molecule has 0 saturated carbocycles. The topological polar surface area (TPSA) is 8.82 Å². The lowest BCUT2D eigenvalue weighted by atomic mass is 9.81. The van der Waals surface area contributed by atoms with Crippen LogP contribution in [-0.2, 0) is 27.1 Å². The Morgan fingerprint density at radius 1 is 0.333 bits per heavy atom. The largest absolute Gasteiger partial charge is 0.308 e. The minimum atomic E-state index is -0.172. The van der Waals surface area contributed by atoms with Crippen molar-refractivity contribution in [1.29, 1.82) is 0 Å². The fourth-order valence-electron chi connectivity index (χ4n) is 10.6. The van der Waals surface area contributed by atoms with Crippen molar-refractivity contribution in [2.24, 2.45) is 0 Å². The third-order valence-electron chi connectivity index (χ3n) is 14.2. The van der Waals surface area contributed by atoms with Crippen molar-refractivity contribution >= 4 is 76.2 Å². The van der Waals surface area contributed by atoms with Gasteiger partial charge >= 0.3 is 0 Å². The van der Waals surface area contributed by atoms with E-state index in [1.807, 2.05) is 0 Å². The van der Waals surface area contributed by atoms with Gasteiger partial charge in [0.2, 0.25) is 0 Å². The van der Waals surface area contributed by atoms with Gasteiger partial charge in [0.15, 0.2) is 0 Å². The molecule has 6 aromatic carbocycles. The van der Waals surface area contributed by atoms with Gasteiger partial charge in [0.05, 0.1) is 33.1 Å². The molecule has 286 valence electrons. The monoisotopic (exact) mass is 744 g/mol. The Morgan fingerprint density at radius 3 is 0.947 bits per heavy atom. The quantitative estimate of drug-likeness (QED) is 0.146. The van der Waals surface area contributed by atoms with Crippen LogP contribution in [0.5, 0.6) is 0 Å². The van der Waals surface area contributed by atoms with E-state index in [4.69, 9.17) is 0 Å². The van der Waals surface area contributed by atoms with E-state index in [0.717, 1.165) is 0 Å². The van der Waals surface area contributed by atoms with Crippen LogP contribution in [0.15, 0.2) is 84.9 Å². The summed E-state index contributed by atoms with van der Waals surface area (Å²) in [6.45, 7) is 33.0.